The number of nitro groups is 1. The topological polar surface area (TPSA) is 110 Å². The molecule has 0 spiro atoms. The van der Waals surface area contributed by atoms with Crippen molar-refractivity contribution >= 4 is 28.3 Å². The van der Waals surface area contributed by atoms with Gasteiger partial charge in [0.15, 0.2) is 5.82 Å². The van der Waals surface area contributed by atoms with Gasteiger partial charge in [0.2, 0.25) is 0 Å². The zero-order valence-corrected chi connectivity index (χ0v) is 18.6. The first kappa shape index (κ1) is 22.0. The largest absolute Gasteiger partial charge is 0.489 e. The monoisotopic (exact) mass is 444 g/mol. The third-order valence-electron chi connectivity index (χ3n) is 5.33. The van der Waals surface area contributed by atoms with Gasteiger partial charge in [0.1, 0.15) is 12.4 Å². The summed E-state index contributed by atoms with van der Waals surface area (Å²) in [7, 11) is 0. The van der Waals surface area contributed by atoms with E-state index in [4.69, 9.17) is 4.74 Å². The lowest BCUT2D eigenvalue weighted by Crippen LogP contribution is -2.14. The van der Waals surface area contributed by atoms with Gasteiger partial charge in [-0.2, -0.15) is 5.10 Å². The number of carbonyl (C=O) groups is 1. The van der Waals surface area contributed by atoms with E-state index in [1.807, 2.05) is 30.3 Å². The van der Waals surface area contributed by atoms with Crippen LogP contribution in [-0.2, 0) is 12.0 Å². The number of fused-ring (bicyclic) bond motifs is 1. The highest BCUT2D eigenvalue weighted by atomic mass is 16.6. The van der Waals surface area contributed by atoms with E-state index in [2.05, 4.69) is 36.3 Å². The van der Waals surface area contributed by atoms with Gasteiger partial charge >= 0.3 is 0 Å². The number of amides is 1. The first-order valence-corrected chi connectivity index (χ1v) is 10.5. The quantitative estimate of drug-likeness (QED) is 0.297. The Labute approximate surface area is 190 Å². The standard InChI is InChI=1S/C25H24N4O4/c1-25(2,3)18-8-6-17(7-9-18)24(30)26-23-21-14-20(12-13-22(21)27-28-23)33-15-16-4-10-19(11-5-16)29(31)32/h4-14H,15H2,1-3H3,(H2,26,27,28,30). The number of carbonyl (C=O) groups excluding carboxylic acids is 1. The second-order valence-corrected chi connectivity index (χ2v) is 8.77. The number of rotatable bonds is 6. The minimum atomic E-state index is -0.438. The molecule has 1 aromatic heterocycles. The van der Waals surface area contributed by atoms with E-state index in [1.165, 1.54) is 12.1 Å². The average Bonchev–Trinajstić information content (AvgIpc) is 3.19. The summed E-state index contributed by atoms with van der Waals surface area (Å²) in [6.07, 6.45) is 0. The van der Waals surface area contributed by atoms with Crippen molar-refractivity contribution in [2.75, 3.05) is 5.32 Å². The molecule has 2 N–H and O–H groups in total. The molecule has 0 radical (unpaired) electrons. The van der Waals surface area contributed by atoms with Crippen LogP contribution < -0.4 is 10.1 Å². The van der Waals surface area contributed by atoms with Gasteiger partial charge in [-0.15, -0.1) is 0 Å². The summed E-state index contributed by atoms with van der Waals surface area (Å²) in [4.78, 5) is 23.1. The molecule has 168 valence electrons. The summed E-state index contributed by atoms with van der Waals surface area (Å²) in [6.45, 7) is 6.63. The lowest BCUT2D eigenvalue weighted by molar-refractivity contribution is -0.384. The number of hydrogen-bond acceptors (Lipinski definition) is 5. The number of H-pyrrole nitrogens is 1. The molecule has 0 fully saturated rings. The Morgan fingerprint density at radius 2 is 1.76 bits per heavy atom. The van der Waals surface area contributed by atoms with Crippen molar-refractivity contribution < 1.29 is 14.5 Å². The maximum atomic E-state index is 12.7. The van der Waals surface area contributed by atoms with E-state index in [9.17, 15) is 14.9 Å². The molecule has 0 aliphatic rings. The molecule has 33 heavy (non-hydrogen) atoms. The van der Waals surface area contributed by atoms with Crippen molar-refractivity contribution in [1.82, 2.24) is 10.2 Å². The SMILES string of the molecule is CC(C)(C)c1ccc(C(=O)Nc2n[nH]c3ccc(OCc4ccc([N+](=O)[O-])cc4)cc23)cc1. The third-order valence-corrected chi connectivity index (χ3v) is 5.33. The zero-order valence-electron chi connectivity index (χ0n) is 18.6. The van der Waals surface area contributed by atoms with Crippen LogP contribution in [0.4, 0.5) is 11.5 Å². The number of nitro benzene ring substituents is 1. The van der Waals surface area contributed by atoms with Crippen LogP contribution in [0.15, 0.2) is 66.7 Å². The maximum absolute atomic E-state index is 12.7. The summed E-state index contributed by atoms with van der Waals surface area (Å²) in [5.41, 5.74) is 3.31. The molecule has 4 rings (SSSR count). The Balaban J connectivity index is 1.47. The summed E-state index contributed by atoms with van der Waals surface area (Å²) < 4.78 is 5.84. The second kappa shape index (κ2) is 8.74. The van der Waals surface area contributed by atoms with E-state index in [-0.39, 0.29) is 23.6 Å². The Bertz CT molecular complexity index is 1300. The fourth-order valence-electron chi connectivity index (χ4n) is 3.36. The number of hydrogen-bond donors (Lipinski definition) is 2. The molecule has 3 aromatic carbocycles. The predicted octanol–water partition coefficient (Wildman–Crippen LogP) is 5.60. The highest BCUT2D eigenvalue weighted by Gasteiger charge is 2.16. The van der Waals surface area contributed by atoms with E-state index in [0.717, 1.165) is 22.0 Å². The van der Waals surface area contributed by atoms with Crippen LogP contribution >= 0.6 is 0 Å². The van der Waals surface area contributed by atoms with Gasteiger partial charge in [-0.25, -0.2) is 0 Å². The molecular formula is C25H24N4O4. The molecule has 1 amide bonds. The van der Waals surface area contributed by atoms with Crippen LogP contribution in [0.3, 0.4) is 0 Å². The van der Waals surface area contributed by atoms with Crippen molar-refractivity contribution in [2.45, 2.75) is 32.8 Å². The number of ether oxygens (including phenoxy) is 1. The minimum absolute atomic E-state index is 0.0122. The third kappa shape index (κ3) is 5.01. The summed E-state index contributed by atoms with van der Waals surface area (Å²) >= 11 is 0. The molecule has 0 aliphatic carbocycles. The lowest BCUT2D eigenvalue weighted by atomic mass is 9.87. The number of benzene rings is 3. The van der Waals surface area contributed by atoms with E-state index in [0.29, 0.717) is 17.1 Å². The van der Waals surface area contributed by atoms with E-state index < -0.39 is 4.92 Å². The predicted molar refractivity (Wildman–Crippen MR) is 127 cm³/mol. The molecule has 0 bridgehead atoms. The average molecular weight is 444 g/mol. The van der Waals surface area contributed by atoms with Gasteiger partial charge in [0.05, 0.1) is 10.4 Å². The number of nitrogens with zero attached hydrogens (tertiary/aromatic N) is 2. The van der Waals surface area contributed by atoms with E-state index >= 15 is 0 Å². The molecule has 0 saturated carbocycles. The van der Waals surface area contributed by atoms with Crippen molar-refractivity contribution in [3.05, 3.63) is 93.5 Å². The molecule has 0 saturated heterocycles. The van der Waals surface area contributed by atoms with Crippen LogP contribution in [0.1, 0.15) is 42.3 Å². The molecule has 8 heteroatoms. The first-order valence-electron chi connectivity index (χ1n) is 10.5. The van der Waals surface area contributed by atoms with Gasteiger partial charge < -0.3 is 10.1 Å². The van der Waals surface area contributed by atoms with Gasteiger partial charge in [-0.3, -0.25) is 20.0 Å². The van der Waals surface area contributed by atoms with Crippen LogP contribution in [0.5, 0.6) is 5.75 Å². The van der Waals surface area contributed by atoms with Crippen molar-refractivity contribution in [1.29, 1.82) is 0 Å². The van der Waals surface area contributed by atoms with Crippen molar-refractivity contribution in [2.24, 2.45) is 0 Å². The van der Waals surface area contributed by atoms with Crippen LogP contribution in [-0.4, -0.2) is 21.0 Å². The highest BCUT2D eigenvalue weighted by molar-refractivity contribution is 6.08. The smallest absolute Gasteiger partial charge is 0.269 e. The van der Waals surface area contributed by atoms with Crippen molar-refractivity contribution in [3.63, 3.8) is 0 Å². The van der Waals surface area contributed by atoms with Gasteiger partial charge in [-0.05, 0) is 59.0 Å². The summed E-state index contributed by atoms with van der Waals surface area (Å²) in [5.74, 6) is 0.754. The van der Waals surface area contributed by atoms with Gasteiger partial charge in [0, 0.05) is 23.1 Å². The summed E-state index contributed by atoms with van der Waals surface area (Å²) in [6, 6.07) is 19.2. The number of nitrogens with one attached hydrogen (secondary N) is 2. The Morgan fingerprint density at radius 3 is 2.39 bits per heavy atom. The Hall–Kier alpha value is -4.20. The van der Waals surface area contributed by atoms with Gasteiger partial charge in [-0.1, -0.05) is 32.9 Å². The fourth-order valence-corrected chi connectivity index (χ4v) is 3.36. The second-order valence-electron chi connectivity index (χ2n) is 8.77. The Morgan fingerprint density at radius 1 is 1.06 bits per heavy atom. The summed E-state index contributed by atoms with van der Waals surface area (Å²) in [5, 5.41) is 21.5. The number of aromatic nitrogens is 2. The molecule has 0 unspecified atom stereocenters. The van der Waals surface area contributed by atoms with Crippen LogP contribution in [0.2, 0.25) is 0 Å². The molecule has 1 heterocycles. The molecule has 4 aromatic rings. The van der Waals surface area contributed by atoms with Crippen LogP contribution in [0.25, 0.3) is 10.9 Å². The van der Waals surface area contributed by atoms with Crippen molar-refractivity contribution in [3.8, 4) is 5.75 Å². The normalized spacial score (nSPS) is 11.4. The minimum Gasteiger partial charge on any atom is -0.489 e. The highest BCUT2D eigenvalue weighted by Crippen LogP contribution is 2.27. The molecule has 0 aliphatic heterocycles. The fraction of sp³-hybridized carbons (Fsp3) is 0.200. The number of non-ortho nitro benzene ring substituents is 1. The number of anilines is 1. The lowest BCUT2D eigenvalue weighted by Gasteiger charge is -2.19. The molecule has 0 atom stereocenters. The maximum Gasteiger partial charge on any atom is 0.269 e. The zero-order chi connectivity index (χ0) is 23.6. The van der Waals surface area contributed by atoms with E-state index in [1.54, 1.807) is 24.3 Å². The molecule has 8 nitrogen and oxygen atoms in total. The number of aromatic amines is 1. The molecular weight excluding hydrogens is 420 g/mol. The van der Waals surface area contributed by atoms with Gasteiger partial charge in [0.25, 0.3) is 11.6 Å². The first-order chi connectivity index (χ1) is 15.7. The Kier molecular flexibility index (Phi) is 5.83. The van der Waals surface area contributed by atoms with Crippen LogP contribution in [0, 0.1) is 10.1 Å².